The van der Waals surface area contributed by atoms with Gasteiger partial charge in [-0.15, -0.1) is 0 Å². The number of nitrogens with zero attached hydrogens (tertiary/aromatic N) is 1. The van der Waals surface area contributed by atoms with Crippen molar-refractivity contribution in [2.24, 2.45) is 0 Å². The summed E-state index contributed by atoms with van der Waals surface area (Å²) < 4.78 is 0. The molecular formula is C39H27N. The van der Waals surface area contributed by atoms with Crippen molar-refractivity contribution in [2.45, 2.75) is 0 Å². The van der Waals surface area contributed by atoms with Crippen LogP contribution in [0, 0.1) is 0 Å². The quantitative estimate of drug-likeness (QED) is 0.166. The Bertz CT molecular complexity index is 1870. The largest absolute Gasteiger partial charge is 0.264 e. The zero-order chi connectivity index (χ0) is 26.7. The van der Waals surface area contributed by atoms with Crippen molar-refractivity contribution in [1.82, 2.24) is 4.98 Å². The van der Waals surface area contributed by atoms with Crippen LogP contribution in [0.2, 0.25) is 0 Å². The Hall–Kier alpha value is -5.27. The Balaban J connectivity index is 1.47. The lowest BCUT2D eigenvalue weighted by atomic mass is 9.86. The molecule has 1 heteroatoms. The normalized spacial score (nSPS) is 11.0. The molecule has 0 aliphatic rings. The number of rotatable bonds is 5. The molecule has 0 aliphatic heterocycles. The van der Waals surface area contributed by atoms with Crippen LogP contribution in [-0.2, 0) is 0 Å². The van der Waals surface area contributed by atoms with Crippen LogP contribution < -0.4 is 0 Å². The van der Waals surface area contributed by atoms with Gasteiger partial charge >= 0.3 is 0 Å². The van der Waals surface area contributed by atoms with Crippen molar-refractivity contribution in [1.29, 1.82) is 0 Å². The second-order valence-electron chi connectivity index (χ2n) is 10.00. The molecule has 0 aliphatic carbocycles. The highest BCUT2D eigenvalue weighted by molar-refractivity contribution is 6.21. The van der Waals surface area contributed by atoms with Crippen LogP contribution in [0.4, 0.5) is 0 Å². The van der Waals surface area contributed by atoms with Gasteiger partial charge in [-0.1, -0.05) is 133 Å². The van der Waals surface area contributed by atoms with E-state index in [1.54, 1.807) is 0 Å². The fraction of sp³-hybridized carbons (Fsp3) is 0. The van der Waals surface area contributed by atoms with Crippen molar-refractivity contribution in [3.63, 3.8) is 0 Å². The van der Waals surface area contributed by atoms with Crippen molar-refractivity contribution in [3.8, 4) is 22.3 Å². The Morgan fingerprint density at radius 1 is 0.450 bits per heavy atom. The first-order valence-electron chi connectivity index (χ1n) is 13.6. The predicted molar refractivity (Wildman–Crippen MR) is 170 cm³/mol. The van der Waals surface area contributed by atoms with E-state index in [4.69, 9.17) is 0 Å². The van der Waals surface area contributed by atoms with E-state index in [1.165, 1.54) is 55.1 Å². The lowest BCUT2D eigenvalue weighted by Gasteiger charge is -2.17. The summed E-state index contributed by atoms with van der Waals surface area (Å²) in [6.07, 6.45) is 6.22. The fourth-order valence-electron chi connectivity index (χ4n) is 5.77. The fourth-order valence-corrected chi connectivity index (χ4v) is 5.77. The summed E-state index contributed by atoms with van der Waals surface area (Å²) in [6, 6.07) is 51.7. The summed E-state index contributed by atoms with van der Waals surface area (Å²) in [5.74, 6) is 0. The van der Waals surface area contributed by atoms with Gasteiger partial charge in [0.1, 0.15) is 0 Å². The number of hydrogen-bond donors (Lipinski definition) is 0. The van der Waals surface area contributed by atoms with E-state index < -0.39 is 0 Å². The first-order chi connectivity index (χ1) is 19.9. The maximum Gasteiger partial charge on any atom is 0.0353 e. The lowest BCUT2D eigenvalue weighted by Crippen LogP contribution is -1.92. The molecule has 6 aromatic carbocycles. The SMILES string of the molecule is C(=C(c1ccccc1)c1ccccc1)c1cccc(-c2c3ccccc3c(-c3ccccc3)c3ccncc23)c1. The third kappa shape index (κ3) is 4.38. The van der Waals surface area contributed by atoms with E-state index in [1.807, 2.05) is 12.4 Å². The highest BCUT2D eigenvalue weighted by Gasteiger charge is 2.16. The van der Waals surface area contributed by atoms with Gasteiger partial charge in [-0.3, -0.25) is 4.98 Å². The molecule has 0 atom stereocenters. The van der Waals surface area contributed by atoms with Gasteiger partial charge in [-0.2, -0.15) is 0 Å². The maximum atomic E-state index is 4.58. The maximum absolute atomic E-state index is 4.58. The molecule has 0 radical (unpaired) electrons. The van der Waals surface area contributed by atoms with Gasteiger partial charge in [0.2, 0.25) is 0 Å². The lowest BCUT2D eigenvalue weighted by molar-refractivity contribution is 1.37. The van der Waals surface area contributed by atoms with Crippen LogP contribution in [0.3, 0.4) is 0 Å². The number of fused-ring (bicyclic) bond motifs is 2. The molecule has 1 heterocycles. The van der Waals surface area contributed by atoms with Gasteiger partial charge in [0.25, 0.3) is 0 Å². The summed E-state index contributed by atoms with van der Waals surface area (Å²) in [7, 11) is 0. The molecule has 0 N–H and O–H groups in total. The average Bonchev–Trinajstić information content (AvgIpc) is 3.04. The van der Waals surface area contributed by atoms with Gasteiger partial charge in [0.15, 0.2) is 0 Å². The molecule has 0 bridgehead atoms. The molecule has 0 amide bonds. The second-order valence-corrected chi connectivity index (χ2v) is 10.00. The van der Waals surface area contributed by atoms with Gasteiger partial charge < -0.3 is 0 Å². The number of hydrogen-bond acceptors (Lipinski definition) is 1. The van der Waals surface area contributed by atoms with Gasteiger partial charge in [-0.05, 0) is 78.9 Å². The standard InChI is InChI=1S/C39H27N/c1-4-14-29(15-5-1)36(30-16-6-2-7-17-30)26-28-13-12-20-32(25-28)39-34-22-11-10-21-33(34)38(31-18-8-3-9-19-31)35-23-24-40-27-37(35)39/h1-27H. The summed E-state index contributed by atoms with van der Waals surface area (Å²) in [4.78, 5) is 4.58. The Morgan fingerprint density at radius 3 is 1.62 bits per heavy atom. The third-order valence-electron chi connectivity index (χ3n) is 7.54. The van der Waals surface area contributed by atoms with E-state index >= 15 is 0 Å². The highest BCUT2D eigenvalue weighted by atomic mass is 14.6. The minimum atomic E-state index is 1.16. The van der Waals surface area contributed by atoms with E-state index in [2.05, 4.69) is 157 Å². The molecule has 0 spiro atoms. The van der Waals surface area contributed by atoms with Crippen LogP contribution in [0.1, 0.15) is 16.7 Å². The van der Waals surface area contributed by atoms with Crippen LogP contribution in [-0.4, -0.2) is 4.98 Å². The van der Waals surface area contributed by atoms with Crippen LogP contribution >= 0.6 is 0 Å². The summed E-state index contributed by atoms with van der Waals surface area (Å²) in [6.45, 7) is 0. The summed E-state index contributed by atoms with van der Waals surface area (Å²) in [5.41, 5.74) is 9.63. The van der Waals surface area contributed by atoms with Crippen LogP contribution in [0.15, 0.2) is 158 Å². The molecule has 7 rings (SSSR count). The van der Waals surface area contributed by atoms with Gasteiger partial charge in [0, 0.05) is 17.8 Å². The van der Waals surface area contributed by atoms with E-state index in [0.717, 1.165) is 10.9 Å². The monoisotopic (exact) mass is 509 g/mol. The molecule has 188 valence electrons. The van der Waals surface area contributed by atoms with Crippen LogP contribution in [0.5, 0.6) is 0 Å². The van der Waals surface area contributed by atoms with Crippen molar-refractivity contribution in [2.75, 3.05) is 0 Å². The summed E-state index contributed by atoms with van der Waals surface area (Å²) in [5, 5.41) is 4.85. The molecule has 1 aromatic heterocycles. The Morgan fingerprint density at radius 2 is 0.975 bits per heavy atom. The first-order valence-corrected chi connectivity index (χ1v) is 13.6. The Kier molecular flexibility index (Phi) is 6.24. The highest BCUT2D eigenvalue weighted by Crippen LogP contribution is 2.43. The molecule has 0 unspecified atom stereocenters. The van der Waals surface area contributed by atoms with Crippen molar-refractivity contribution < 1.29 is 0 Å². The zero-order valence-corrected chi connectivity index (χ0v) is 22.0. The van der Waals surface area contributed by atoms with Gasteiger partial charge in [0.05, 0.1) is 0 Å². The van der Waals surface area contributed by atoms with Crippen molar-refractivity contribution >= 4 is 33.2 Å². The second kappa shape index (κ2) is 10.5. The smallest absolute Gasteiger partial charge is 0.0353 e. The molecule has 7 aromatic rings. The van der Waals surface area contributed by atoms with Crippen LogP contribution in [0.25, 0.3) is 55.4 Å². The summed E-state index contributed by atoms with van der Waals surface area (Å²) >= 11 is 0. The zero-order valence-electron chi connectivity index (χ0n) is 22.0. The van der Waals surface area contributed by atoms with Crippen molar-refractivity contribution in [3.05, 3.63) is 175 Å². The molecule has 0 fully saturated rings. The minimum Gasteiger partial charge on any atom is -0.264 e. The predicted octanol–water partition coefficient (Wildman–Crippen LogP) is 10.3. The van der Waals surface area contributed by atoms with E-state index in [9.17, 15) is 0 Å². The average molecular weight is 510 g/mol. The Labute approximate surface area is 234 Å². The third-order valence-corrected chi connectivity index (χ3v) is 7.54. The van der Waals surface area contributed by atoms with E-state index in [-0.39, 0.29) is 0 Å². The number of pyridine rings is 1. The topological polar surface area (TPSA) is 12.9 Å². The number of benzene rings is 6. The molecule has 0 saturated carbocycles. The van der Waals surface area contributed by atoms with Gasteiger partial charge in [-0.25, -0.2) is 0 Å². The number of aromatic nitrogens is 1. The minimum absolute atomic E-state index is 1.16. The molecular weight excluding hydrogens is 482 g/mol. The molecule has 40 heavy (non-hydrogen) atoms. The molecule has 0 saturated heterocycles. The first kappa shape index (κ1) is 23.8. The molecule has 1 nitrogen and oxygen atoms in total. The van der Waals surface area contributed by atoms with E-state index in [0.29, 0.717) is 0 Å².